The zero-order valence-electron chi connectivity index (χ0n) is 5.51. The van der Waals surface area contributed by atoms with Crippen LogP contribution in [0.1, 0.15) is 6.42 Å². The number of aliphatic hydroxyl groups is 4. The SMILES string of the molecule is OC[C@H]1[C@H](O)[C@H](O)C[C@@H]1O. The van der Waals surface area contributed by atoms with E-state index in [2.05, 4.69) is 0 Å². The number of hydrogen-bond donors (Lipinski definition) is 4. The van der Waals surface area contributed by atoms with Crippen LogP contribution in [0.5, 0.6) is 0 Å². The quantitative estimate of drug-likeness (QED) is 0.349. The fourth-order valence-electron chi connectivity index (χ4n) is 1.30. The van der Waals surface area contributed by atoms with Crippen molar-refractivity contribution in [1.29, 1.82) is 0 Å². The fourth-order valence-corrected chi connectivity index (χ4v) is 1.30. The summed E-state index contributed by atoms with van der Waals surface area (Å²) in [5.74, 6) is -0.574. The Morgan fingerprint density at radius 2 is 1.70 bits per heavy atom. The first kappa shape index (κ1) is 7.94. The average Bonchev–Trinajstić information content (AvgIpc) is 2.09. The number of aliphatic hydroxyl groups excluding tert-OH is 4. The van der Waals surface area contributed by atoms with E-state index in [1.165, 1.54) is 0 Å². The van der Waals surface area contributed by atoms with E-state index in [4.69, 9.17) is 20.4 Å². The van der Waals surface area contributed by atoms with E-state index in [9.17, 15) is 0 Å². The Kier molecular flexibility index (Phi) is 2.25. The van der Waals surface area contributed by atoms with Gasteiger partial charge < -0.3 is 20.4 Å². The first-order chi connectivity index (χ1) is 4.66. The van der Waals surface area contributed by atoms with Gasteiger partial charge in [-0.1, -0.05) is 0 Å². The molecule has 0 aromatic rings. The van der Waals surface area contributed by atoms with Gasteiger partial charge in [-0.3, -0.25) is 0 Å². The monoisotopic (exact) mass is 148 g/mol. The lowest BCUT2D eigenvalue weighted by atomic mass is 10.1. The summed E-state index contributed by atoms with van der Waals surface area (Å²) in [4.78, 5) is 0. The van der Waals surface area contributed by atoms with Gasteiger partial charge in [-0.15, -0.1) is 0 Å². The second-order valence-electron chi connectivity index (χ2n) is 2.71. The molecule has 1 rings (SSSR count). The zero-order chi connectivity index (χ0) is 7.72. The molecule has 60 valence electrons. The first-order valence-corrected chi connectivity index (χ1v) is 3.32. The molecule has 4 N–H and O–H groups in total. The summed E-state index contributed by atoms with van der Waals surface area (Å²) in [6.45, 7) is -0.278. The summed E-state index contributed by atoms with van der Waals surface area (Å²) >= 11 is 0. The summed E-state index contributed by atoms with van der Waals surface area (Å²) in [5, 5.41) is 35.6. The summed E-state index contributed by atoms with van der Waals surface area (Å²) in [5.41, 5.74) is 0. The van der Waals surface area contributed by atoms with Crippen molar-refractivity contribution in [1.82, 2.24) is 0 Å². The highest BCUT2D eigenvalue weighted by atomic mass is 16.3. The van der Waals surface area contributed by atoms with Crippen molar-refractivity contribution in [2.45, 2.75) is 24.7 Å². The lowest BCUT2D eigenvalue weighted by Crippen LogP contribution is -2.29. The van der Waals surface area contributed by atoms with Crippen molar-refractivity contribution in [3.8, 4) is 0 Å². The van der Waals surface area contributed by atoms with E-state index in [0.717, 1.165) is 0 Å². The topological polar surface area (TPSA) is 80.9 Å². The molecule has 4 heteroatoms. The molecule has 0 unspecified atom stereocenters. The molecular weight excluding hydrogens is 136 g/mol. The Bertz CT molecular complexity index is 116. The lowest BCUT2D eigenvalue weighted by Gasteiger charge is -2.14. The molecule has 0 saturated heterocycles. The lowest BCUT2D eigenvalue weighted by molar-refractivity contribution is -0.00584. The van der Waals surface area contributed by atoms with Crippen LogP contribution in [0.15, 0.2) is 0 Å². The minimum Gasteiger partial charge on any atom is -0.396 e. The molecule has 4 atom stereocenters. The maximum absolute atomic E-state index is 9.06. The first-order valence-electron chi connectivity index (χ1n) is 3.32. The van der Waals surface area contributed by atoms with Gasteiger partial charge in [0, 0.05) is 12.3 Å². The van der Waals surface area contributed by atoms with Crippen LogP contribution in [0.4, 0.5) is 0 Å². The van der Waals surface area contributed by atoms with Gasteiger partial charge in [0.2, 0.25) is 0 Å². The second-order valence-corrected chi connectivity index (χ2v) is 2.71. The fraction of sp³-hybridized carbons (Fsp3) is 1.00. The van der Waals surface area contributed by atoms with Crippen LogP contribution in [0.25, 0.3) is 0 Å². The van der Waals surface area contributed by atoms with Crippen molar-refractivity contribution >= 4 is 0 Å². The van der Waals surface area contributed by atoms with E-state index in [1.807, 2.05) is 0 Å². The molecule has 0 aromatic carbocycles. The molecule has 4 nitrogen and oxygen atoms in total. The van der Waals surface area contributed by atoms with Gasteiger partial charge in [-0.2, -0.15) is 0 Å². The average molecular weight is 148 g/mol. The normalized spacial score (nSPS) is 48.0. The molecule has 0 bridgehead atoms. The second kappa shape index (κ2) is 2.84. The predicted octanol–water partition coefficient (Wildman–Crippen LogP) is -1.92. The van der Waals surface area contributed by atoms with Crippen LogP contribution < -0.4 is 0 Å². The zero-order valence-corrected chi connectivity index (χ0v) is 5.51. The van der Waals surface area contributed by atoms with Crippen molar-refractivity contribution in [2.24, 2.45) is 5.92 Å². The van der Waals surface area contributed by atoms with Crippen LogP contribution in [-0.4, -0.2) is 45.3 Å². The third-order valence-electron chi connectivity index (χ3n) is 2.02. The Morgan fingerprint density at radius 3 is 1.90 bits per heavy atom. The summed E-state index contributed by atoms with van der Waals surface area (Å²) < 4.78 is 0. The van der Waals surface area contributed by atoms with Gasteiger partial charge in [0.05, 0.1) is 24.9 Å². The maximum Gasteiger partial charge on any atom is 0.0874 e. The van der Waals surface area contributed by atoms with E-state index < -0.39 is 24.2 Å². The van der Waals surface area contributed by atoms with Gasteiger partial charge in [-0.05, 0) is 0 Å². The molecule has 1 aliphatic rings. The van der Waals surface area contributed by atoms with Crippen molar-refractivity contribution in [3.63, 3.8) is 0 Å². The highest BCUT2D eigenvalue weighted by Gasteiger charge is 2.39. The van der Waals surface area contributed by atoms with Crippen LogP contribution in [0.3, 0.4) is 0 Å². The van der Waals surface area contributed by atoms with E-state index >= 15 is 0 Å². The number of rotatable bonds is 1. The Hall–Kier alpha value is -0.160. The maximum atomic E-state index is 9.06. The van der Waals surface area contributed by atoms with E-state index in [1.54, 1.807) is 0 Å². The molecule has 1 fully saturated rings. The molecule has 0 amide bonds. The predicted molar refractivity (Wildman–Crippen MR) is 33.2 cm³/mol. The third-order valence-corrected chi connectivity index (χ3v) is 2.02. The smallest absolute Gasteiger partial charge is 0.0874 e. The minimum absolute atomic E-state index is 0.159. The summed E-state index contributed by atoms with van der Waals surface area (Å²) in [6.07, 6.45) is -2.46. The molecule has 0 heterocycles. The third kappa shape index (κ3) is 1.15. The molecule has 1 aliphatic carbocycles. The number of hydrogen-bond acceptors (Lipinski definition) is 4. The largest absolute Gasteiger partial charge is 0.396 e. The molecule has 10 heavy (non-hydrogen) atoms. The summed E-state index contributed by atoms with van der Waals surface area (Å²) in [6, 6.07) is 0. The van der Waals surface area contributed by atoms with Gasteiger partial charge in [0.15, 0.2) is 0 Å². The van der Waals surface area contributed by atoms with Crippen molar-refractivity contribution < 1.29 is 20.4 Å². The van der Waals surface area contributed by atoms with E-state index in [-0.39, 0.29) is 13.0 Å². The highest BCUT2D eigenvalue weighted by molar-refractivity contribution is 4.90. The highest BCUT2D eigenvalue weighted by Crippen LogP contribution is 2.25. The molecular formula is C6H12O4. The standard InChI is InChI=1S/C6H12O4/c7-2-3-4(8)1-5(9)6(3)10/h3-10H,1-2H2/t3-,4+,5-,6+/m1/s1. The Labute approximate surface area is 58.7 Å². The Balaban J connectivity index is 2.55. The Morgan fingerprint density at radius 1 is 1.10 bits per heavy atom. The van der Waals surface area contributed by atoms with Crippen LogP contribution in [-0.2, 0) is 0 Å². The van der Waals surface area contributed by atoms with Gasteiger partial charge >= 0.3 is 0 Å². The molecule has 0 aliphatic heterocycles. The van der Waals surface area contributed by atoms with Crippen LogP contribution in [0.2, 0.25) is 0 Å². The van der Waals surface area contributed by atoms with Crippen LogP contribution >= 0.6 is 0 Å². The molecule has 1 saturated carbocycles. The molecule has 0 radical (unpaired) electrons. The van der Waals surface area contributed by atoms with Crippen molar-refractivity contribution in [3.05, 3.63) is 0 Å². The molecule has 0 aromatic heterocycles. The van der Waals surface area contributed by atoms with Crippen molar-refractivity contribution in [2.75, 3.05) is 6.61 Å². The van der Waals surface area contributed by atoms with Crippen LogP contribution in [0, 0.1) is 5.92 Å². The van der Waals surface area contributed by atoms with Gasteiger partial charge in [-0.25, -0.2) is 0 Å². The summed E-state index contributed by atoms with van der Waals surface area (Å²) in [7, 11) is 0. The molecule has 0 spiro atoms. The van der Waals surface area contributed by atoms with Gasteiger partial charge in [0.1, 0.15) is 0 Å². The minimum atomic E-state index is -0.972. The van der Waals surface area contributed by atoms with E-state index in [0.29, 0.717) is 0 Å². The van der Waals surface area contributed by atoms with Gasteiger partial charge in [0.25, 0.3) is 0 Å².